The first-order valence-electron chi connectivity index (χ1n) is 9.48. The number of hydrogen-bond acceptors (Lipinski definition) is 7. The highest BCUT2D eigenvalue weighted by Crippen LogP contribution is 2.28. The maximum atomic E-state index is 11.0. The Balaban J connectivity index is 1.60. The monoisotopic (exact) mass is 399 g/mol. The first-order chi connectivity index (χ1) is 14.2. The van der Waals surface area contributed by atoms with Gasteiger partial charge in [0.05, 0.1) is 32.2 Å². The van der Waals surface area contributed by atoms with Gasteiger partial charge in [0.2, 0.25) is 0 Å². The zero-order chi connectivity index (χ0) is 20.5. The van der Waals surface area contributed by atoms with Crippen molar-refractivity contribution in [1.82, 2.24) is 4.90 Å². The molecule has 0 radical (unpaired) electrons. The average molecular weight is 399 g/mol. The highest BCUT2D eigenvalue weighted by Gasteiger charge is 2.17. The second-order valence-electron chi connectivity index (χ2n) is 6.55. The Hall–Kier alpha value is -3.03. The lowest BCUT2D eigenvalue weighted by molar-refractivity contribution is 0.0569. The van der Waals surface area contributed by atoms with Crippen LogP contribution in [0.1, 0.15) is 28.8 Å². The van der Waals surface area contributed by atoms with Crippen molar-refractivity contribution in [2.75, 3.05) is 19.8 Å². The number of aldehydes is 1. The molecule has 0 spiro atoms. The Morgan fingerprint density at radius 3 is 2.28 bits per heavy atom. The molecule has 0 aliphatic heterocycles. The highest BCUT2D eigenvalue weighted by molar-refractivity contribution is 5.76. The molecule has 154 valence electrons. The van der Waals surface area contributed by atoms with Crippen LogP contribution in [-0.2, 0) is 13.1 Å². The molecule has 0 aliphatic rings. The summed E-state index contributed by atoms with van der Waals surface area (Å²) < 4.78 is 22.1. The van der Waals surface area contributed by atoms with E-state index in [-0.39, 0.29) is 6.61 Å². The summed E-state index contributed by atoms with van der Waals surface area (Å²) in [6.07, 6.45) is 3.25. The predicted molar refractivity (Wildman–Crippen MR) is 106 cm³/mol. The molecular formula is C22H25NO6. The normalized spacial score (nSPS) is 12.1. The quantitative estimate of drug-likeness (QED) is 0.466. The summed E-state index contributed by atoms with van der Waals surface area (Å²) in [5.74, 6) is 2.56. The Morgan fingerprint density at radius 1 is 1.03 bits per heavy atom. The summed E-state index contributed by atoms with van der Waals surface area (Å²) in [4.78, 5) is 13.0. The van der Waals surface area contributed by atoms with E-state index in [9.17, 15) is 9.90 Å². The third-order valence-electron chi connectivity index (χ3n) is 4.22. The number of rotatable bonds is 12. The third-order valence-corrected chi connectivity index (χ3v) is 4.22. The second-order valence-corrected chi connectivity index (χ2v) is 6.55. The van der Waals surface area contributed by atoms with Crippen LogP contribution in [0.25, 0.3) is 0 Å². The van der Waals surface area contributed by atoms with Gasteiger partial charge in [0.15, 0.2) is 11.5 Å². The summed E-state index contributed by atoms with van der Waals surface area (Å²) >= 11 is 0. The van der Waals surface area contributed by atoms with E-state index in [1.54, 1.807) is 30.7 Å². The number of furan rings is 2. The number of nitrogens with zero attached hydrogens (tertiary/aromatic N) is 1. The maximum absolute atomic E-state index is 11.0. The summed E-state index contributed by atoms with van der Waals surface area (Å²) in [7, 11) is 0. The van der Waals surface area contributed by atoms with E-state index >= 15 is 0 Å². The topological polar surface area (TPSA) is 85.3 Å². The van der Waals surface area contributed by atoms with Gasteiger partial charge in [0, 0.05) is 12.1 Å². The molecule has 29 heavy (non-hydrogen) atoms. The van der Waals surface area contributed by atoms with Gasteiger partial charge in [-0.2, -0.15) is 0 Å². The average Bonchev–Trinajstić information content (AvgIpc) is 3.41. The van der Waals surface area contributed by atoms with Crippen molar-refractivity contribution in [3.63, 3.8) is 0 Å². The fraction of sp³-hybridized carbons (Fsp3) is 0.318. The lowest BCUT2D eigenvalue weighted by Crippen LogP contribution is -2.35. The van der Waals surface area contributed by atoms with Crippen molar-refractivity contribution in [2.45, 2.75) is 26.1 Å². The van der Waals surface area contributed by atoms with Gasteiger partial charge < -0.3 is 23.4 Å². The van der Waals surface area contributed by atoms with E-state index in [0.717, 1.165) is 17.8 Å². The van der Waals surface area contributed by atoms with Crippen LogP contribution in [-0.4, -0.2) is 42.2 Å². The maximum Gasteiger partial charge on any atom is 0.161 e. The molecule has 0 fully saturated rings. The molecule has 2 aromatic heterocycles. The first kappa shape index (κ1) is 20.7. The van der Waals surface area contributed by atoms with Crippen LogP contribution in [0.5, 0.6) is 11.5 Å². The van der Waals surface area contributed by atoms with Crippen LogP contribution in [0, 0.1) is 0 Å². The minimum Gasteiger partial charge on any atom is -0.490 e. The molecule has 0 bridgehead atoms. The van der Waals surface area contributed by atoms with Gasteiger partial charge in [-0.25, -0.2) is 0 Å². The highest BCUT2D eigenvalue weighted by atomic mass is 16.5. The van der Waals surface area contributed by atoms with Crippen LogP contribution in [0.2, 0.25) is 0 Å². The summed E-state index contributed by atoms with van der Waals surface area (Å²) in [6.45, 7) is 3.80. The van der Waals surface area contributed by atoms with Crippen LogP contribution in [0.3, 0.4) is 0 Å². The molecule has 1 aromatic carbocycles. The molecule has 0 amide bonds. The number of hydrogen-bond donors (Lipinski definition) is 1. The first-order valence-corrected chi connectivity index (χ1v) is 9.48. The Kier molecular flexibility index (Phi) is 7.49. The molecule has 0 saturated carbocycles. The number of carbonyl (C=O) groups is 1. The number of aliphatic hydroxyl groups is 1. The van der Waals surface area contributed by atoms with E-state index in [1.807, 2.05) is 36.1 Å². The zero-order valence-electron chi connectivity index (χ0n) is 16.3. The SMILES string of the molecule is CCOc1cc(C=O)ccc1OCC(O)CN(Cc1ccco1)Cc1ccco1. The van der Waals surface area contributed by atoms with E-state index in [4.69, 9.17) is 18.3 Å². The van der Waals surface area contributed by atoms with Crippen molar-refractivity contribution in [3.8, 4) is 11.5 Å². The molecule has 3 rings (SSSR count). The summed E-state index contributed by atoms with van der Waals surface area (Å²) in [5, 5.41) is 10.5. The molecule has 1 atom stereocenters. The molecule has 3 aromatic rings. The van der Waals surface area contributed by atoms with Gasteiger partial charge in [-0.05, 0) is 49.4 Å². The largest absolute Gasteiger partial charge is 0.490 e. The van der Waals surface area contributed by atoms with Crippen LogP contribution in [0.15, 0.2) is 63.8 Å². The van der Waals surface area contributed by atoms with Crippen molar-refractivity contribution in [3.05, 3.63) is 72.1 Å². The molecule has 0 saturated heterocycles. The minimum absolute atomic E-state index is 0.0767. The molecule has 2 heterocycles. The van der Waals surface area contributed by atoms with Gasteiger partial charge in [-0.1, -0.05) is 0 Å². The van der Waals surface area contributed by atoms with Gasteiger partial charge in [-0.3, -0.25) is 9.69 Å². The Bertz CT molecular complexity index is 823. The van der Waals surface area contributed by atoms with Crippen LogP contribution in [0.4, 0.5) is 0 Å². The van der Waals surface area contributed by atoms with Crippen molar-refractivity contribution < 1.29 is 28.2 Å². The lowest BCUT2D eigenvalue weighted by atomic mass is 10.2. The van der Waals surface area contributed by atoms with E-state index < -0.39 is 6.10 Å². The lowest BCUT2D eigenvalue weighted by Gasteiger charge is -2.23. The van der Waals surface area contributed by atoms with Crippen LogP contribution < -0.4 is 9.47 Å². The second kappa shape index (κ2) is 10.5. The van der Waals surface area contributed by atoms with Gasteiger partial charge in [0.1, 0.15) is 30.5 Å². The molecular weight excluding hydrogens is 374 g/mol. The number of carbonyl (C=O) groups excluding carboxylic acids is 1. The smallest absolute Gasteiger partial charge is 0.161 e. The van der Waals surface area contributed by atoms with E-state index in [0.29, 0.717) is 43.3 Å². The molecule has 1 N–H and O–H groups in total. The fourth-order valence-corrected chi connectivity index (χ4v) is 2.95. The molecule has 7 nitrogen and oxygen atoms in total. The molecule has 1 unspecified atom stereocenters. The third kappa shape index (κ3) is 6.23. The zero-order valence-corrected chi connectivity index (χ0v) is 16.3. The minimum atomic E-state index is -0.750. The van der Waals surface area contributed by atoms with Gasteiger partial charge in [-0.15, -0.1) is 0 Å². The standard InChI is InChI=1S/C22H25NO6/c1-2-26-22-11-17(15-24)7-8-21(22)29-16-18(25)12-23(13-19-5-3-9-27-19)14-20-6-4-10-28-20/h3-11,15,18,25H,2,12-14,16H2,1H3. The fourth-order valence-electron chi connectivity index (χ4n) is 2.95. The van der Waals surface area contributed by atoms with Gasteiger partial charge in [0.25, 0.3) is 0 Å². The molecule has 7 heteroatoms. The predicted octanol–water partition coefficient (Wildman–Crippen LogP) is 3.53. The number of ether oxygens (including phenoxy) is 2. The number of benzene rings is 1. The summed E-state index contributed by atoms with van der Waals surface area (Å²) in [5.41, 5.74) is 0.504. The van der Waals surface area contributed by atoms with Gasteiger partial charge >= 0.3 is 0 Å². The van der Waals surface area contributed by atoms with Crippen molar-refractivity contribution >= 4 is 6.29 Å². The van der Waals surface area contributed by atoms with Crippen molar-refractivity contribution in [2.24, 2.45) is 0 Å². The van der Waals surface area contributed by atoms with Crippen molar-refractivity contribution in [1.29, 1.82) is 0 Å². The summed E-state index contributed by atoms with van der Waals surface area (Å²) in [6, 6.07) is 12.4. The molecule has 0 aliphatic carbocycles. The Morgan fingerprint density at radius 2 is 1.72 bits per heavy atom. The Labute approximate surface area is 169 Å². The van der Waals surface area contributed by atoms with E-state index in [1.165, 1.54) is 0 Å². The van der Waals surface area contributed by atoms with Crippen LogP contribution >= 0.6 is 0 Å². The van der Waals surface area contributed by atoms with E-state index in [2.05, 4.69) is 0 Å². The number of aliphatic hydroxyl groups excluding tert-OH is 1.